The number of ether oxygens (including phenoxy) is 3. The lowest BCUT2D eigenvalue weighted by molar-refractivity contribution is -0.152. The van der Waals surface area contributed by atoms with Gasteiger partial charge in [0, 0.05) is 0 Å². The van der Waals surface area contributed by atoms with Crippen molar-refractivity contribution in [1.29, 1.82) is 5.26 Å². The summed E-state index contributed by atoms with van der Waals surface area (Å²) in [5.41, 5.74) is 0.464. The topological polar surface area (TPSA) is 68.6 Å². The molecule has 0 radical (unpaired) electrons. The monoisotopic (exact) mass is 401 g/mol. The first-order chi connectivity index (χ1) is 13.4. The SMILES string of the molecule is CCCC(C)COC(=O)C(C)Oc1ccc(Oc2ccc(C#N)cc2Cl)cc1. The van der Waals surface area contributed by atoms with Crippen LogP contribution < -0.4 is 9.47 Å². The van der Waals surface area contributed by atoms with E-state index in [1.54, 1.807) is 49.4 Å². The third-order valence-electron chi connectivity index (χ3n) is 4.05. The van der Waals surface area contributed by atoms with E-state index in [2.05, 4.69) is 13.8 Å². The van der Waals surface area contributed by atoms with Gasteiger partial charge in [0.25, 0.3) is 0 Å². The lowest BCUT2D eigenvalue weighted by Gasteiger charge is -2.16. The highest BCUT2D eigenvalue weighted by Gasteiger charge is 2.17. The molecule has 0 aromatic heterocycles. The number of hydrogen-bond donors (Lipinski definition) is 0. The molecule has 2 aromatic rings. The number of carbonyl (C=O) groups is 1. The van der Waals surface area contributed by atoms with Crippen LogP contribution in [0.1, 0.15) is 39.2 Å². The highest BCUT2D eigenvalue weighted by atomic mass is 35.5. The maximum atomic E-state index is 12.0. The second-order valence-electron chi connectivity index (χ2n) is 6.61. The van der Waals surface area contributed by atoms with Crippen molar-refractivity contribution in [1.82, 2.24) is 0 Å². The molecule has 2 unspecified atom stereocenters. The van der Waals surface area contributed by atoms with Gasteiger partial charge in [-0.25, -0.2) is 4.79 Å². The van der Waals surface area contributed by atoms with Gasteiger partial charge in [-0.2, -0.15) is 5.26 Å². The zero-order valence-corrected chi connectivity index (χ0v) is 17.0. The summed E-state index contributed by atoms with van der Waals surface area (Å²) >= 11 is 6.11. The molecule has 2 rings (SSSR count). The first-order valence-corrected chi connectivity index (χ1v) is 9.61. The Hall–Kier alpha value is -2.71. The van der Waals surface area contributed by atoms with E-state index in [9.17, 15) is 4.79 Å². The summed E-state index contributed by atoms with van der Waals surface area (Å²) in [6.45, 7) is 6.22. The van der Waals surface area contributed by atoms with Crippen LogP contribution in [0.4, 0.5) is 0 Å². The van der Waals surface area contributed by atoms with Crippen molar-refractivity contribution >= 4 is 17.6 Å². The van der Waals surface area contributed by atoms with Crippen LogP contribution >= 0.6 is 11.6 Å². The van der Waals surface area contributed by atoms with Gasteiger partial charge in [0.15, 0.2) is 6.10 Å². The Bertz CT molecular complexity index is 829. The number of carbonyl (C=O) groups excluding carboxylic acids is 1. The fourth-order valence-corrected chi connectivity index (χ4v) is 2.76. The predicted molar refractivity (Wildman–Crippen MR) is 108 cm³/mol. The van der Waals surface area contributed by atoms with Crippen molar-refractivity contribution < 1.29 is 19.0 Å². The number of nitrogens with zero attached hydrogens (tertiary/aromatic N) is 1. The summed E-state index contributed by atoms with van der Waals surface area (Å²) in [6, 6.07) is 13.7. The van der Waals surface area contributed by atoms with Gasteiger partial charge in [0.05, 0.1) is 23.3 Å². The fraction of sp³-hybridized carbons (Fsp3) is 0.364. The van der Waals surface area contributed by atoms with E-state index in [4.69, 9.17) is 31.1 Å². The van der Waals surface area contributed by atoms with Gasteiger partial charge in [-0.3, -0.25) is 0 Å². The number of hydrogen-bond acceptors (Lipinski definition) is 5. The molecule has 2 aromatic carbocycles. The van der Waals surface area contributed by atoms with Crippen molar-refractivity contribution in [2.75, 3.05) is 6.61 Å². The van der Waals surface area contributed by atoms with E-state index < -0.39 is 6.10 Å². The van der Waals surface area contributed by atoms with Crippen LogP contribution in [0, 0.1) is 17.2 Å². The van der Waals surface area contributed by atoms with E-state index in [1.807, 2.05) is 6.07 Å². The number of rotatable bonds is 9. The molecule has 0 spiro atoms. The fourth-order valence-electron chi connectivity index (χ4n) is 2.54. The second kappa shape index (κ2) is 10.6. The van der Waals surface area contributed by atoms with E-state index >= 15 is 0 Å². The molecule has 0 N–H and O–H groups in total. The number of halogens is 1. The van der Waals surface area contributed by atoms with Crippen molar-refractivity contribution in [3.8, 4) is 23.3 Å². The quantitative estimate of drug-likeness (QED) is 0.500. The molecule has 0 saturated heterocycles. The van der Waals surface area contributed by atoms with Crippen LogP contribution in [0.3, 0.4) is 0 Å². The highest BCUT2D eigenvalue weighted by molar-refractivity contribution is 6.32. The van der Waals surface area contributed by atoms with Gasteiger partial charge in [0.1, 0.15) is 17.2 Å². The first kappa shape index (κ1) is 21.6. The molecule has 0 aliphatic carbocycles. The third-order valence-corrected chi connectivity index (χ3v) is 4.34. The van der Waals surface area contributed by atoms with Crippen LogP contribution in [0.2, 0.25) is 5.02 Å². The Morgan fingerprint density at radius 3 is 2.43 bits per heavy atom. The largest absolute Gasteiger partial charge is 0.479 e. The summed E-state index contributed by atoms with van der Waals surface area (Å²) in [5.74, 6) is 1.50. The third kappa shape index (κ3) is 6.47. The number of esters is 1. The smallest absolute Gasteiger partial charge is 0.347 e. The van der Waals surface area contributed by atoms with Crippen LogP contribution in [-0.4, -0.2) is 18.7 Å². The average Bonchev–Trinajstić information content (AvgIpc) is 2.69. The van der Waals surface area contributed by atoms with Gasteiger partial charge in [-0.1, -0.05) is 31.9 Å². The molecule has 0 fully saturated rings. The minimum Gasteiger partial charge on any atom is -0.479 e. The van der Waals surface area contributed by atoms with Crippen molar-refractivity contribution in [3.63, 3.8) is 0 Å². The van der Waals surface area contributed by atoms with Crippen molar-refractivity contribution in [2.45, 2.75) is 39.7 Å². The number of benzene rings is 2. The predicted octanol–water partition coefficient (Wildman–Crippen LogP) is 5.75. The summed E-state index contributed by atoms with van der Waals surface area (Å²) in [4.78, 5) is 12.0. The standard InChI is InChI=1S/C22H24ClNO4/c1-4-5-15(2)14-26-22(25)16(3)27-18-7-9-19(10-8-18)28-21-11-6-17(13-24)12-20(21)23/h6-12,15-16H,4-5,14H2,1-3H3. The second-order valence-corrected chi connectivity index (χ2v) is 7.02. The van der Waals surface area contributed by atoms with Gasteiger partial charge in [0.2, 0.25) is 0 Å². The maximum Gasteiger partial charge on any atom is 0.347 e. The lowest BCUT2D eigenvalue weighted by atomic mass is 10.1. The van der Waals surface area contributed by atoms with Crippen LogP contribution in [0.25, 0.3) is 0 Å². The minimum atomic E-state index is -0.700. The summed E-state index contributed by atoms with van der Waals surface area (Å²) < 4.78 is 16.6. The minimum absolute atomic E-state index is 0.339. The zero-order chi connectivity index (χ0) is 20.5. The van der Waals surface area contributed by atoms with Crippen molar-refractivity contribution in [2.24, 2.45) is 5.92 Å². The average molecular weight is 402 g/mol. The molecule has 28 heavy (non-hydrogen) atoms. The Morgan fingerprint density at radius 2 is 1.82 bits per heavy atom. The molecule has 0 bridgehead atoms. The van der Waals surface area contributed by atoms with Gasteiger partial charge in [-0.05, 0) is 61.7 Å². The lowest BCUT2D eigenvalue weighted by Crippen LogP contribution is -2.27. The van der Waals surface area contributed by atoms with Crippen LogP contribution in [0.15, 0.2) is 42.5 Å². The number of nitriles is 1. The summed E-state index contributed by atoms with van der Waals surface area (Å²) in [7, 11) is 0. The Kier molecular flexibility index (Phi) is 8.16. The molecule has 0 amide bonds. The molecule has 0 heterocycles. The molecule has 2 atom stereocenters. The molecule has 5 nitrogen and oxygen atoms in total. The molecular weight excluding hydrogens is 378 g/mol. The normalized spacial score (nSPS) is 12.5. The highest BCUT2D eigenvalue weighted by Crippen LogP contribution is 2.31. The summed E-state index contributed by atoms with van der Waals surface area (Å²) in [5, 5.41) is 9.23. The van der Waals surface area contributed by atoms with Gasteiger partial charge >= 0.3 is 5.97 Å². The summed E-state index contributed by atoms with van der Waals surface area (Å²) in [6.07, 6.45) is 1.38. The molecule has 0 aliphatic rings. The Balaban J connectivity index is 1.90. The molecule has 148 valence electrons. The Labute approximate surface area is 170 Å². The van der Waals surface area contributed by atoms with E-state index in [0.717, 1.165) is 12.8 Å². The zero-order valence-electron chi connectivity index (χ0n) is 16.3. The Morgan fingerprint density at radius 1 is 1.14 bits per heavy atom. The molecular formula is C22H24ClNO4. The van der Waals surface area contributed by atoms with Gasteiger partial charge < -0.3 is 14.2 Å². The van der Waals surface area contributed by atoms with E-state index in [1.165, 1.54) is 0 Å². The van der Waals surface area contributed by atoms with E-state index in [-0.39, 0.29) is 5.97 Å². The van der Waals surface area contributed by atoms with Crippen molar-refractivity contribution in [3.05, 3.63) is 53.1 Å². The molecule has 6 heteroatoms. The van der Waals surface area contributed by atoms with E-state index in [0.29, 0.717) is 40.4 Å². The molecule has 0 aliphatic heterocycles. The first-order valence-electron chi connectivity index (χ1n) is 9.23. The van der Waals surface area contributed by atoms with Gasteiger partial charge in [-0.15, -0.1) is 0 Å². The van der Waals surface area contributed by atoms with Crippen LogP contribution in [0.5, 0.6) is 17.2 Å². The maximum absolute atomic E-state index is 12.0. The molecule has 0 saturated carbocycles. The van der Waals surface area contributed by atoms with Crippen LogP contribution in [-0.2, 0) is 9.53 Å².